The minimum atomic E-state index is -2.71. The molecule has 2 fully saturated rings. The summed E-state index contributed by atoms with van der Waals surface area (Å²) < 4.78 is 22.8. The number of hydrogen-bond donors (Lipinski definition) is 7. The molecular weight excluding hydrogens is 770 g/mol. The molecule has 3 aliphatic rings. The molecular formula is C43H55NO15. The van der Waals surface area contributed by atoms with Crippen molar-refractivity contribution in [3.8, 4) is 0 Å². The van der Waals surface area contributed by atoms with Crippen molar-refractivity contribution < 1.29 is 73.6 Å². The van der Waals surface area contributed by atoms with Crippen LogP contribution < -0.4 is 5.32 Å². The zero-order valence-corrected chi connectivity index (χ0v) is 34.4. The number of esters is 3. The van der Waals surface area contributed by atoms with Gasteiger partial charge in [0.1, 0.15) is 41.2 Å². The van der Waals surface area contributed by atoms with Crippen molar-refractivity contribution in [3.63, 3.8) is 0 Å². The van der Waals surface area contributed by atoms with E-state index in [0.717, 1.165) is 6.92 Å². The van der Waals surface area contributed by atoms with Crippen molar-refractivity contribution in [2.24, 2.45) is 16.7 Å². The summed E-state index contributed by atoms with van der Waals surface area (Å²) in [6.45, 7) is 10.2. The monoisotopic (exact) mass is 825 g/mol. The molecule has 1 amide bonds. The Kier molecular flexibility index (Phi) is 12.6. The molecule has 2 aromatic rings. The number of benzene rings is 2. The van der Waals surface area contributed by atoms with Crippen molar-refractivity contribution in [2.45, 2.75) is 128 Å². The fraction of sp³-hybridized carbons (Fsp3) is 0.558. The number of ether oxygens (including phenoxy) is 4. The van der Waals surface area contributed by atoms with Gasteiger partial charge in [0.2, 0.25) is 0 Å². The van der Waals surface area contributed by atoms with E-state index in [2.05, 4.69) is 5.32 Å². The molecule has 59 heavy (non-hydrogen) atoms. The predicted molar refractivity (Wildman–Crippen MR) is 207 cm³/mol. The summed E-state index contributed by atoms with van der Waals surface area (Å²) in [5, 5.41) is 74.8. The zero-order valence-electron chi connectivity index (χ0n) is 34.4. The van der Waals surface area contributed by atoms with Gasteiger partial charge in [-0.3, -0.25) is 9.59 Å². The molecule has 16 heteroatoms. The maximum atomic E-state index is 14.9. The smallest absolute Gasteiger partial charge is 0.408 e. The molecule has 16 nitrogen and oxygen atoms in total. The Hall–Kier alpha value is -4.71. The Morgan fingerprint density at radius 2 is 1.49 bits per heavy atom. The van der Waals surface area contributed by atoms with Crippen molar-refractivity contribution in [1.82, 2.24) is 5.32 Å². The predicted octanol–water partition coefficient (Wildman–Crippen LogP) is 2.21. The summed E-state index contributed by atoms with van der Waals surface area (Å²) in [6, 6.07) is 14.1. The van der Waals surface area contributed by atoms with Gasteiger partial charge in [-0.1, -0.05) is 62.4 Å². The summed E-state index contributed by atoms with van der Waals surface area (Å²) in [6.07, 6.45) is -13.7. The van der Waals surface area contributed by atoms with E-state index >= 15 is 0 Å². The Balaban J connectivity index is 1.68. The molecule has 322 valence electrons. The summed E-state index contributed by atoms with van der Waals surface area (Å²) in [7, 11) is 0. The maximum absolute atomic E-state index is 14.9. The zero-order chi connectivity index (χ0) is 44.0. The summed E-state index contributed by atoms with van der Waals surface area (Å²) in [5.41, 5.74) is -10.1. The Bertz CT molecular complexity index is 1960. The van der Waals surface area contributed by atoms with Gasteiger partial charge in [0, 0.05) is 31.1 Å². The van der Waals surface area contributed by atoms with Gasteiger partial charge in [-0.25, -0.2) is 14.4 Å². The van der Waals surface area contributed by atoms with Crippen LogP contribution in [0.25, 0.3) is 0 Å². The molecule has 2 aromatic carbocycles. The molecule has 11 atom stereocenters. The SMILES string of the molecule is CC(=O)O[C@@H]1C[C@H](O)[C@@]2(C)C(=O)[C@H](O)C3=C(C)[C@@H](OC(=O)[C@H](O)[C@@H](NC(=O)OC(C)(C)C)c4ccccc4)C[C@@](O)([C@@H](OC(=O)c4ccccc4)[C@@H]2[C@]1(O)CO)C3(C)C. The second-order valence-corrected chi connectivity index (χ2v) is 17.5. The molecule has 0 heterocycles. The average molecular weight is 826 g/mol. The number of carbonyl (C=O) groups is 5. The van der Waals surface area contributed by atoms with Crippen molar-refractivity contribution in [1.29, 1.82) is 0 Å². The lowest BCUT2D eigenvalue weighted by Gasteiger charge is -2.64. The van der Waals surface area contributed by atoms with Crippen LogP contribution in [-0.2, 0) is 33.3 Å². The Morgan fingerprint density at radius 1 is 0.915 bits per heavy atom. The molecule has 0 saturated heterocycles. The van der Waals surface area contributed by atoms with Crippen molar-refractivity contribution >= 4 is 29.8 Å². The van der Waals surface area contributed by atoms with E-state index in [1.165, 1.54) is 52.0 Å². The number of Topliss-reactive ketones (excluding diaryl/α,β-unsaturated/α-hetero) is 1. The summed E-state index contributed by atoms with van der Waals surface area (Å²) >= 11 is 0. The van der Waals surface area contributed by atoms with Crippen LogP contribution in [0.1, 0.15) is 90.2 Å². The molecule has 2 bridgehead atoms. The molecule has 2 saturated carbocycles. The van der Waals surface area contributed by atoms with Gasteiger partial charge in [-0.2, -0.15) is 0 Å². The minimum Gasteiger partial charge on any atom is -0.459 e. The van der Waals surface area contributed by atoms with Crippen LogP contribution in [0, 0.1) is 16.7 Å². The van der Waals surface area contributed by atoms with Gasteiger partial charge in [-0.05, 0) is 63.5 Å². The van der Waals surface area contributed by atoms with Gasteiger partial charge in [0.05, 0.1) is 29.7 Å². The number of ketones is 1. The number of alkyl carbamates (subject to hydrolysis) is 1. The second kappa shape index (κ2) is 16.4. The third-order valence-corrected chi connectivity index (χ3v) is 12.3. The molecule has 5 rings (SSSR count). The topological polar surface area (TPSA) is 256 Å². The van der Waals surface area contributed by atoms with Crippen molar-refractivity contribution in [3.05, 3.63) is 82.9 Å². The highest BCUT2D eigenvalue weighted by Gasteiger charge is 2.74. The fourth-order valence-electron chi connectivity index (χ4n) is 9.18. The molecule has 0 spiro atoms. The van der Waals surface area contributed by atoms with Gasteiger partial charge >= 0.3 is 24.0 Å². The van der Waals surface area contributed by atoms with Gasteiger partial charge < -0.3 is 54.9 Å². The number of carbonyl (C=O) groups excluding carboxylic acids is 5. The average Bonchev–Trinajstić information content (AvgIpc) is 3.16. The fourth-order valence-corrected chi connectivity index (χ4v) is 9.18. The highest BCUT2D eigenvalue weighted by Crippen LogP contribution is 2.62. The van der Waals surface area contributed by atoms with E-state index in [1.54, 1.807) is 57.2 Å². The third kappa shape index (κ3) is 8.13. The number of nitrogens with one attached hydrogen (secondary N) is 1. The first-order valence-corrected chi connectivity index (χ1v) is 19.4. The largest absolute Gasteiger partial charge is 0.459 e. The van der Waals surface area contributed by atoms with E-state index in [9.17, 15) is 54.6 Å². The van der Waals surface area contributed by atoms with Crippen LogP contribution in [0.15, 0.2) is 71.8 Å². The van der Waals surface area contributed by atoms with E-state index in [1.807, 2.05) is 0 Å². The highest BCUT2D eigenvalue weighted by atomic mass is 16.6. The standard InChI is InChI=1S/C43H55NO15/c1-22-26(57-37(52)32(49)30(24-15-11-9-12-16-24)44-38(53)59-39(3,4)5)20-43(55)35(58-36(51)25-17-13-10-14-18-25)33-41(8,34(50)31(48)29(22)40(43,6)7)27(47)19-28(56-23(2)46)42(33,54)21-45/h9-18,26-28,30-33,35,45,47-49,54-55H,19-21H2,1-8H3,(H,44,53)/t26-,27-,28+,30-,31+,32+,33-,35-,41+,42-,43+/m0/s1. The molecule has 3 aliphatic carbocycles. The van der Waals surface area contributed by atoms with Gasteiger partial charge in [0.25, 0.3) is 0 Å². The van der Waals surface area contributed by atoms with Gasteiger partial charge in [-0.15, -0.1) is 0 Å². The molecule has 0 aromatic heterocycles. The van der Waals surface area contributed by atoms with Gasteiger partial charge in [0.15, 0.2) is 11.9 Å². The second-order valence-electron chi connectivity index (χ2n) is 17.5. The normalized spacial score (nSPS) is 32.6. The van der Waals surface area contributed by atoms with Crippen LogP contribution in [0.5, 0.6) is 0 Å². The maximum Gasteiger partial charge on any atom is 0.408 e. The van der Waals surface area contributed by atoms with E-state index < -0.39 is 125 Å². The first kappa shape index (κ1) is 45.4. The molecule has 0 aliphatic heterocycles. The van der Waals surface area contributed by atoms with Crippen molar-refractivity contribution in [2.75, 3.05) is 6.61 Å². The Labute approximate surface area is 342 Å². The number of rotatable bonds is 9. The number of hydrogen-bond acceptors (Lipinski definition) is 15. The molecule has 0 radical (unpaired) electrons. The van der Waals surface area contributed by atoms with Crippen LogP contribution >= 0.6 is 0 Å². The summed E-state index contributed by atoms with van der Waals surface area (Å²) in [5.74, 6) is -6.40. The quantitative estimate of drug-likeness (QED) is 0.109. The first-order valence-electron chi connectivity index (χ1n) is 19.4. The number of amides is 1. The number of aliphatic hydroxyl groups excluding tert-OH is 4. The van der Waals surface area contributed by atoms with E-state index in [4.69, 9.17) is 18.9 Å². The molecule has 7 N–H and O–H groups in total. The lowest BCUT2D eigenvalue weighted by Crippen LogP contribution is -2.78. The first-order chi connectivity index (χ1) is 27.3. The van der Waals surface area contributed by atoms with E-state index in [0.29, 0.717) is 5.56 Å². The van der Waals surface area contributed by atoms with Crippen LogP contribution in [0.3, 0.4) is 0 Å². The third-order valence-electron chi connectivity index (χ3n) is 12.3. The summed E-state index contributed by atoms with van der Waals surface area (Å²) in [4.78, 5) is 68.2. The lowest BCUT2D eigenvalue weighted by atomic mass is 9.45. The lowest BCUT2D eigenvalue weighted by molar-refractivity contribution is -0.287. The highest BCUT2D eigenvalue weighted by molar-refractivity contribution is 5.94. The van der Waals surface area contributed by atoms with Crippen LogP contribution in [0.4, 0.5) is 4.79 Å². The number of fused-ring (bicyclic) bond motifs is 3. The van der Waals surface area contributed by atoms with E-state index in [-0.39, 0.29) is 16.7 Å². The van der Waals surface area contributed by atoms with Crippen LogP contribution in [0.2, 0.25) is 0 Å². The van der Waals surface area contributed by atoms with Crippen LogP contribution in [-0.4, -0.2) is 120 Å². The molecule has 0 unspecified atom stereocenters. The number of aliphatic hydroxyl groups is 6. The Morgan fingerprint density at radius 3 is 2.03 bits per heavy atom. The minimum absolute atomic E-state index is 0.0252.